The van der Waals surface area contributed by atoms with E-state index in [0.717, 1.165) is 28.1 Å². The summed E-state index contributed by atoms with van der Waals surface area (Å²) in [6.45, 7) is 11.1. The Bertz CT molecular complexity index is 894. The highest BCUT2D eigenvalue weighted by molar-refractivity contribution is 5.90. The van der Waals surface area contributed by atoms with E-state index in [2.05, 4.69) is 5.10 Å². The van der Waals surface area contributed by atoms with Crippen LogP contribution in [0, 0.1) is 20.8 Å². The van der Waals surface area contributed by atoms with Gasteiger partial charge < -0.3 is 15.2 Å². The maximum absolute atomic E-state index is 12.3. The summed E-state index contributed by atoms with van der Waals surface area (Å²) >= 11 is 0. The number of esters is 2. The molecule has 1 heterocycles. The SMILES string of the molecule is COC(=O)Cc1c(C)nn(C(N)c2ccc(C(=O)OC(C)(C)C)cc2C)c1C. The lowest BCUT2D eigenvalue weighted by atomic mass is 10.0. The van der Waals surface area contributed by atoms with Crippen molar-refractivity contribution in [1.29, 1.82) is 0 Å². The smallest absolute Gasteiger partial charge is 0.338 e. The molecular weight excluding hydrogens is 358 g/mol. The van der Waals surface area contributed by atoms with E-state index in [1.54, 1.807) is 16.8 Å². The van der Waals surface area contributed by atoms with Gasteiger partial charge in [0.25, 0.3) is 0 Å². The van der Waals surface area contributed by atoms with Crippen molar-refractivity contribution in [1.82, 2.24) is 9.78 Å². The molecule has 152 valence electrons. The number of nitrogens with zero attached hydrogens (tertiary/aromatic N) is 2. The molecular formula is C21H29N3O4. The summed E-state index contributed by atoms with van der Waals surface area (Å²) in [5, 5.41) is 4.51. The first-order chi connectivity index (χ1) is 12.9. The van der Waals surface area contributed by atoms with Crippen LogP contribution in [0.3, 0.4) is 0 Å². The lowest BCUT2D eigenvalue weighted by Gasteiger charge is -2.21. The van der Waals surface area contributed by atoms with Crippen molar-refractivity contribution in [3.63, 3.8) is 0 Å². The van der Waals surface area contributed by atoms with Crippen LogP contribution in [0.2, 0.25) is 0 Å². The molecule has 0 radical (unpaired) electrons. The minimum Gasteiger partial charge on any atom is -0.469 e. The summed E-state index contributed by atoms with van der Waals surface area (Å²) in [5.41, 5.74) is 10.4. The molecule has 0 saturated heterocycles. The Morgan fingerprint density at radius 1 is 1.21 bits per heavy atom. The lowest BCUT2D eigenvalue weighted by Crippen LogP contribution is -2.25. The van der Waals surface area contributed by atoms with E-state index in [-0.39, 0.29) is 18.4 Å². The topological polar surface area (TPSA) is 96.4 Å². The van der Waals surface area contributed by atoms with Crippen LogP contribution >= 0.6 is 0 Å². The zero-order chi connectivity index (χ0) is 21.2. The molecule has 0 aliphatic carbocycles. The number of hydrogen-bond acceptors (Lipinski definition) is 6. The van der Waals surface area contributed by atoms with Crippen LogP contribution in [0.5, 0.6) is 0 Å². The van der Waals surface area contributed by atoms with Crippen molar-refractivity contribution >= 4 is 11.9 Å². The molecule has 0 aliphatic rings. The van der Waals surface area contributed by atoms with E-state index < -0.39 is 11.8 Å². The molecule has 2 rings (SSSR count). The predicted molar refractivity (Wildman–Crippen MR) is 106 cm³/mol. The quantitative estimate of drug-likeness (QED) is 0.792. The molecule has 0 fully saturated rings. The van der Waals surface area contributed by atoms with Crippen molar-refractivity contribution in [2.75, 3.05) is 7.11 Å². The molecule has 0 amide bonds. The first-order valence-electron chi connectivity index (χ1n) is 9.15. The molecule has 0 bridgehead atoms. The van der Waals surface area contributed by atoms with Crippen LogP contribution < -0.4 is 5.73 Å². The lowest BCUT2D eigenvalue weighted by molar-refractivity contribution is -0.139. The third-order valence-electron chi connectivity index (χ3n) is 4.51. The van der Waals surface area contributed by atoms with Crippen LogP contribution in [-0.4, -0.2) is 34.4 Å². The van der Waals surface area contributed by atoms with Crippen molar-refractivity contribution in [3.05, 3.63) is 51.8 Å². The number of carbonyl (C=O) groups is 2. The highest BCUT2D eigenvalue weighted by Gasteiger charge is 2.22. The normalized spacial score (nSPS) is 12.6. The molecule has 0 saturated carbocycles. The zero-order valence-corrected chi connectivity index (χ0v) is 17.6. The Labute approximate surface area is 165 Å². The van der Waals surface area contributed by atoms with Gasteiger partial charge in [-0.1, -0.05) is 6.07 Å². The Morgan fingerprint density at radius 3 is 2.39 bits per heavy atom. The van der Waals surface area contributed by atoms with Crippen LogP contribution in [0.25, 0.3) is 0 Å². The van der Waals surface area contributed by atoms with Crippen LogP contribution in [0.1, 0.15) is 65.4 Å². The van der Waals surface area contributed by atoms with Gasteiger partial charge in [-0.05, 0) is 64.8 Å². The van der Waals surface area contributed by atoms with Crippen molar-refractivity contribution in [3.8, 4) is 0 Å². The summed E-state index contributed by atoms with van der Waals surface area (Å²) in [5.74, 6) is -0.695. The summed E-state index contributed by atoms with van der Waals surface area (Å²) in [4.78, 5) is 23.9. The van der Waals surface area contributed by atoms with Crippen molar-refractivity contribution in [2.24, 2.45) is 5.73 Å². The van der Waals surface area contributed by atoms with Gasteiger partial charge in [0.15, 0.2) is 0 Å². The second-order valence-electron chi connectivity index (χ2n) is 7.86. The standard InChI is InChI=1S/C21H29N3O4/c1-12-10-15(20(26)28-21(4,5)6)8-9-16(12)19(22)24-14(3)17(13(2)23-24)11-18(25)27-7/h8-10,19H,11,22H2,1-7H3. The maximum Gasteiger partial charge on any atom is 0.338 e. The van der Waals surface area contributed by atoms with Gasteiger partial charge in [0.05, 0.1) is 24.8 Å². The highest BCUT2D eigenvalue weighted by Crippen LogP contribution is 2.24. The first kappa shape index (κ1) is 21.6. The fourth-order valence-electron chi connectivity index (χ4n) is 3.04. The summed E-state index contributed by atoms with van der Waals surface area (Å²) in [6.07, 6.45) is -0.393. The second-order valence-corrected chi connectivity index (χ2v) is 7.86. The number of hydrogen-bond donors (Lipinski definition) is 1. The van der Waals surface area contributed by atoms with Gasteiger partial charge in [-0.3, -0.25) is 4.79 Å². The number of rotatable bonds is 5. The number of aromatic nitrogens is 2. The summed E-state index contributed by atoms with van der Waals surface area (Å²) in [6, 6.07) is 5.29. The van der Waals surface area contributed by atoms with E-state index in [1.165, 1.54) is 7.11 Å². The molecule has 1 unspecified atom stereocenters. The number of ether oxygens (including phenoxy) is 2. The number of methoxy groups -OCH3 is 1. The van der Waals surface area contributed by atoms with Gasteiger partial charge in [0.2, 0.25) is 0 Å². The average molecular weight is 387 g/mol. The van der Waals surface area contributed by atoms with Gasteiger partial charge in [-0.15, -0.1) is 0 Å². The van der Waals surface area contributed by atoms with E-state index in [4.69, 9.17) is 15.2 Å². The number of nitrogens with two attached hydrogens (primary N) is 1. The van der Waals surface area contributed by atoms with Crippen LogP contribution in [-0.2, 0) is 20.7 Å². The third kappa shape index (κ3) is 4.78. The Morgan fingerprint density at radius 2 is 1.86 bits per heavy atom. The zero-order valence-electron chi connectivity index (χ0n) is 17.6. The molecule has 2 N–H and O–H groups in total. The monoisotopic (exact) mass is 387 g/mol. The minimum atomic E-state index is -0.556. The van der Waals surface area contributed by atoms with Gasteiger partial charge in [0, 0.05) is 11.3 Å². The van der Waals surface area contributed by atoms with Crippen molar-refractivity contribution in [2.45, 2.75) is 59.7 Å². The molecule has 7 nitrogen and oxygen atoms in total. The summed E-state index contributed by atoms with van der Waals surface area (Å²) in [7, 11) is 1.36. The van der Waals surface area contributed by atoms with Crippen LogP contribution in [0.4, 0.5) is 0 Å². The number of carbonyl (C=O) groups excluding carboxylic acids is 2. The molecule has 1 aromatic heterocycles. The Hall–Kier alpha value is -2.67. The molecule has 1 aromatic carbocycles. The van der Waals surface area contributed by atoms with E-state index >= 15 is 0 Å². The third-order valence-corrected chi connectivity index (χ3v) is 4.51. The second kappa shape index (κ2) is 8.14. The molecule has 1 atom stereocenters. The number of benzene rings is 1. The van der Waals surface area contributed by atoms with E-state index in [1.807, 2.05) is 47.6 Å². The molecule has 7 heteroatoms. The Kier molecular flexibility index (Phi) is 6.29. The van der Waals surface area contributed by atoms with Gasteiger partial charge in [0.1, 0.15) is 11.8 Å². The van der Waals surface area contributed by atoms with Crippen LogP contribution in [0.15, 0.2) is 18.2 Å². The fraction of sp³-hybridized carbons (Fsp3) is 0.476. The molecule has 28 heavy (non-hydrogen) atoms. The largest absolute Gasteiger partial charge is 0.469 e. The molecule has 0 spiro atoms. The van der Waals surface area contributed by atoms with Gasteiger partial charge in [-0.25, -0.2) is 9.48 Å². The number of aryl methyl sites for hydroxylation is 2. The fourth-order valence-corrected chi connectivity index (χ4v) is 3.04. The Balaban J connectivity index is 2.32. The van der Waals surface area contributed by atoms with Gasteiger partial charge in [-0.2, -0.15) is 5.10 Å². The highest BCUT2D eigenvalue weighted by atomic mass is 16.6. The average Bonchev–Trinajstić information content (AvgIpc) is 2.87. The molecule has 2 aromatic rings. The first-order valence-corrected chi connectivity index (χ1v) is 9.15. The summed E-state index contributed by atoms with van der Waals surface area (Å²) < 4.78 is 11.9. The minimum absolute atomic E-state index is 0.150. The molecule has 0 aliphatic heterocycles. The maximum atomic E-state index is 12.3. The van der Waals surface area contributed by atoms with E-state index in [9.17, 15) is 9.59 Å². The van der Waals surface area contributed by atoms with Crippen molar-refractivity contribution < 1.29 is 19.1 Å². The van der Waals surface area contributed by atoms with Gasteiger partial charge >= 0.3 is 11.9 Å². The predicted octanol–water partition coefficient (Wildman–Crippen LogP) is 2.98. The van der Waals surface area contributed by atoms with E-state index in [0.29, 0.717) is 5.56 Å².